The summed E-state index contributed by atoms with van der Waals surface area (Å²) in [5.41, 5.74) is -1.85. The van der Waals surface area contributed by atoms with Crippen molar-refractivity contribution in [2.75, 3.05) is 0 Å². The van der Waals surface area contributed by atoms with Crippen molar-refractivity contribution in [2.45, 2.75) is 14.8 Å². The molecule has 0 aliphatic heterocycles. The van der Waals surface area contributed by atoms with Crippen molar-refractivity contribution in [3.63, 3.8) is 0 Å². The molecule has 0 aliphatic carbocycles. The summed E-state index contributed by atoms with van der Waals surface area (Å²) >= 11 is 25.5. The lowest BCUT2D eigenvalue weighted by atomic mass is 10.5. The summed E-state index contributed by atoms with van der Waals surface area (Å²) in [5.74, 6) is 0. The van der Waals surface area contributed by atoms with Crippen LogP contribution in [-0.2, 0) is 0 Å². The molecule has 0 aliphatic rings. The van der Waals surface area contributed by atoms with E-state index in [0.717, 1.165) is 0 Å². The van der Waals surface area contributed by atoms with E-state index in [9.17, 15) is 4.39 Å². The molecule has 6 heteroatoms. The van der Waals surface area contributed by atoms with Crippen LogP contribution in [0.4, 0.5) is 4.39 Å². The second-order valence-corrected chi connectivity index (χ2v) is 4.53. The molecule has 2 atom stereocenters. The fourth-order valence-electron chi connectivity index (χ4n) is 0.143. The van der Waals surface area contributed by atoms with E-state index in [4.69, 9.17) is 58.0 Å². The Labute approximate surface area is 77.2 Å². The van der Waals surface area contributed by atoms with Crippen LogP contribution in [0.3, 0.4) is 0 Å². The molecule has 0 bridgehead atoms. The van der Waals surface area contributed by atoms with Crippen molar-refractivity contribution in [3.8, 4) is 0 Å². The van der Waals surface area contributed by atoms with Crippen LogP contribution in [0.2, 0.25) is 0 Å². The number of rotatable bonds is 1. The molecule has 0 nitrogen and oxygen atoms in total. The average molecular weight is 234 g/mol. The van der Waals surface area contributed by atoms with Gasteiger partial charge in [-0.2, -0.15) is 0 Å². The van der Waals surface area contributed by atoms with E-state index in [2.05, 4.69) is 0 Å². The van der Waals surface area contributed by atoms with Gasteiger partial charge in [0.1, 0.15) is 5.38 Å². The molecule has 0 aromatic rings. The van der Waals surface area contributed by atoms with Crippen molar-refractivity contribution in [3.05, 3.63) is 0 Å². The number of alkyl halides is 6. The largest absolute Gasteiger partial charge is 0.228 e. The van der Waals surface area contributed by atoms with Gasteiger partial charge in [0.2, 0.25) is 3.79 Å². The molecule has 56 valence electrons. The lowest BCUT2D eigenvalue weighted by Crippen LogP contribution is -2.26. The van der Waals surface area contributed by atoms with Gasteiger partial charge in [-0.25, -0.2) is 4.39 Å². The van der Waals surface area contributed by atoms with Gasteiger partial charge in [-0.1, -0.05) is 46.4 Å². The maximum Gasteiger partial charge on any atom is 0.210 e. The summed E-state index contributed by atoms with van der Waals surface area (Å²) in [6, 6.07) is 0. The van der Waals surface area contributed by atoms with Gasteiger partial charge in [0, 0.05) is 0 Å². The van der Waals surface area contributed by atoms with Crippen LogP contribution in [-0.4, -0.2) is 14.8 Å². The first-order valence-electron chi connectivity index (χ1n) is 1.84. The summed E-state index contributed by atoms with van der Waals surface area (Å²) in [4.78, 5) is 0. The van der Waals surface area contributed by atoms with E-state index in [-0.39, 0.29) is 0 Å². The van der Waals surface area contributed by atoms with E-state index in [1.165, 1.54) is 0 Å². The zero-order chi connectivity index (χ0) is 7.65. The zero-order valence-corrected chi connectivity index (χ0v) is 7.70. The van der Waals surface area contributed by atoms with Gasteiger partial charge in [0.15, 0.2) is 5.63 Å². The van der Waals surface area contributed by atoms with E-state index >= 15 is 0 Å². The Balaban J connectivity index is 3.88. The van der Waals surface area contributed by atoms with Gasteiger partial charge in [0.05, 0.1) is 0 Å². The van der Waals surface area contributed by atoms with Gasteiger partial charge in [-0.15, -0.1) is 11.6 Å². The molecule has 0 spiro atoms. The Hall–Kier alpha value is 1.38. The lowest BCUT2D eigenvalue weighted by Gasteiger charge is -2.16. The van der Waals surface area contributed by atoms with E-state index in [1.54, 1.807) is 0 Å². The second kappa shape index (κ2) is 3.68. The van der Waals surface area contributed by atoms with Crippen LogP contribution < -0.4 is 0 Å². The van der Waals surface area contributed by atoms with Gasteiger partial charge in [0.25, 0.3) is 0 Å². The van der Waals surface area contributed by atoms with Crippen molar-refractivity contribution in [1.29, 1.82) is 0 Å². The molecule has 0 heterocycles. The predicted molar refractivity (Wildman–Crippen MR) is 40.7 cm³/mol. The molecule has 0 amide bonds. The van der Waals surface area contributed by atoms with Gasteiger partial charge < -0.3 is 0 Å². The highest BCUT2D eigenvalue weighted by Gasteiger charge is 2.36. The third-order valence-corrected chi connectivity index (χ3v) is 2.50. The molecule has 0 radical (unpaired) electrons. The molecule has 0 aromatic heterocycles. The topological polar surface area (TPSA) is 0 Å². The minimum atomic E-state index is -1.85. The monoisotopic (exact) mass is 232 g/mol. The Morgan fingerprint density at radius 1 is 1.11 bits per heavy atom. The Bertz CT molecular complexity index is 86.7. The molecular formula is C3H2Cl5F. The summed E-state index contributed by atoms with van der Waals surface area (Å²) < 4.78 is 10.1. The minimum Gasteiger partial charge on any atom is -0.228 e. The molecule has 0 saturated heterocycles. The molecular weight excluding hydrogens is 232 g/mol. The Kier molecular flexibility index (Phi) is 4.24. The molecule has 0 aromatic carbocycles. The molecule has 9 heavy (non-hydrogen) atoms. The highest BCUT2D eigenvalue weighted by Crippen LogP contribution is 2.37. The van der Waals surface area contributed by atoms with Crippen molar-refractivity contribution < 1.29 is 4.39 Å². The first kappa shape index (κ1) is 10.4. The molecule has 2 unspecified atom stereocenters. The van der Waals surface area contributed by atoms with Gasteiger partial charge in [-0.3, -0.25) is 0 Å². The number of hydrogen-bond donors (Lipinski definition) is 0. The molecule has 0 saturated carbocycles. The van der Waals surface area contributed by atoms with E-state index in [0.29, 0.717) is 0 Å². The van der Waals surface area contributed by atoms with Crippen LogP contribution in [0.1, 0.15) is 0 Å². The summed E-state index contributed by atoms with van der Waals surface area (Å²) in [7, 11) is 0. The standard InChI is InChI=1S/C3H2Cl5F/c4-1(2(5)9)3(6,7)8/h1-2H. The minimum absolute atomic E-state index is 1.32. The third kappa shape index (κ3) is 3.94. The molecule has 0 fully saturated rings. The smallest absolute Gasteiger partial charge is 0.210 e. The Morgan fingerprint density at radius 2 is 1.44 bits per heavy atom. The fraction of sp³-hybridized carbons (Fsp3) is 1.00. The maximum absolute atomic E-state index is 12.0. The highest BCUT2D eigenvalue weighted by atomic mass is 35.6. The predicted octanol–water partition coefficient (Wildman–Crippen LogP) is 3.50. The maximum atomic E-state index is 12.0. The quantitative estimate of drug-likeness (QED) is 0.609. The second-order valence-electron chi connectivity index (χ2n) is 1.28. The third-order valence-electron chi connectivity index (χ3n) is 0.534. The molecule has 0 rings (SSSR count). The van der Waals surface area contributed by atoms with Gasteiger partial charge in [-0.05, 0) is 0 Å². The number of hydrogen-bond acceptors (Lipinski definition) is 0. The average Bonchev–Trinajstić information content (AvgIpc) is 1.62. The SMILES string of the molecule is FC(Cl)C(Cl)C(Cl)(Cl)Cl. The summed E-state index contributed by atoms with van der Waals surface area (Å²) in [6.45, 7) is 0. The number of halogens is 6. The van der Waals surface area contributed by atoms with Crippen LogP contribution >= 0.6 is 58.0 Å². The van der Waals surface area contributed by atoms with Crippen LogP contribution in [0.15, 0.2) is 0 Å². The summed E-state index contributed by atoms with van der Waals surface area (Å²) in [6.07, 6.45) is 0. The zero-order valence-electron chi connectivity index (χ0n) is 3.92. The highest BCUT2D eigenvalue weighted by molar-refractivity contribution is 6.70. The lowest BCUT2D eigenvalue weighted by molar-refractivity contribution is 0.429. The Morgan fingerprint density at radius 3 is 1.44 bits per heavy atom. The van der Waals surface area contributed by atoms with Crippen molar-refractivity contribution in [2.24, 2.45) is 0 Å². The van der Waals surface area contributed by atoms with E-state index in [1.807, 2.05) is 0 Å². The van der Waals surface area contributed by atoms with Crippen LogP contribution in [0.25, 0.3) is 0 Å². The molecule has 0 N–H and O–H groups in total. The van der Waals surface area contributed by atoms with Crippen LogP contribution in [0, 0.1) is 0 Å². The van der Waals surface area contributed by atoms with Crippen molar-refractivity contribution in [1.82, 2.24) is 0 Å². The first-order valence-corrected chi connectivity index (χ1v) is 3.85. The summed E-state index contributed by atoms with van der Waals surface area (Å²) in [5, 5.41) is -1.32. The van der Waals surface area contributed by atoms with Crippen molar-refractivity contribution >= 4 is 58.0 Å². The van der Waals surface area contributed by atoms with E-state index < -0.39 is 14.8 Å². The normalized spacial score (nSPS) is 19.3. The fourth-order valence-corrected chi connectivity index (χ4v) is 0.857. The van der Waals surface area contributed by atoms with Crippen LogP contribution in [0.5, 0.6) is 0 Å². The first-order chi connectivity index (χ1) is 3.85. The van der Waals surface area contributed by atoms with Gasteiger partial charge >= 0.3 is 0 Å².